The second-order valence-electron chi connectivity index (χ2n) is 5.53. The van der Waals surface area contributed by atoms with Crippen LogP contribution in [0.4, 0.5) is 5.69 Å². The highest BCUT2D eigenvalue weighted by molar-refractivity contribution is 5.96. The molecule has 1 heterocycles. The lowest BCUT2D eigenvalue weighted by atomic mass is 10.1. The average Bonchev–Trinajstić information content (AvgIpc) is 2.46. The van der Waals surface area contributed by atoms with Gasteiger partial charge in [-0.15, -0.1) is 0 Å². The lowest BCUT2D eigenvalue weighted by Gasteiger charge is -2.34. The number of anilines is 1. The fourth-order valence-corrected chi connectivity index (χ4v) is 2.54. The Kier molecular flexibility index (Phi) is 5.27. The third kappa shape index (κ3) is 4.39. The quantitative estimate of drug-likeness (QED) is 0.900. The summed E-state index contributed by atoms with van der Waals surface area (Å²) in [4.78, 5) is 38.5. The van der Waals surface area contributed by atoms with Crippen LogP contribution < -0.4 is 5.32 Å². The zero-order chi connectivity index (χ0) is 16.1. The van der Waals surface area contributed by atoms with Crippen LogP contribution in [-0.4, -0.2) is 60.1 Å². The number of rotatable bonds is 4. The van der Waals surface area contributed by atoms with Crippen LogP contribution in [0.15, 0.2) is 24.3 Å². The zero-order valence-electron chi connectivity index (χ0n) is 13.0. The largest absolute Gasteiger partial charge is 0.336 e. The van der Waals surface area contributed by atoms with Crippen molar-refractivity contribution in [2.24, 2.45) is 0 Å². The Hall–Kier alpha value is -2.21. The molecule has 2 amide bonds. The first-order valence-electron chi connectivity index (χ1n) is 7.34. The van der Waals surface area contributed by atoms with Crippen LogP contribution in [0.1, 0.15) is 24.2 Å². The van der Waals surface area contributed by atoms with E-state index in [1.165, 1.54) is 6.92 Å². The average molecular weight is 303 g/mol. The highest BCUT2D eigenvalue weighted by Crippen LogP contribution is 2.14. The van der Waals surface area contributed by atoms with Gasteiger partial charge >= 0.3 is 0 Å². The molecule has 1 aliphatic rings. The summed E-state index contributed by atoms with van der Waals surface area (Å²) in [6.07, 6.45) is 0. The molecule has 0 atom stereocenters. The van der Waals surface area contributed by atoms with Gasteiger partial charge < -0.3 is 10.2 Å². The van der Waals surface area contributed by atoms with E-state index < -0.39 is 0 Å². The van der Waals surface area contributed by atoms with Gasteiger partial charge in [0.1, 0.15) is 5.78 Å². The Bertz CT molecular complexity index is 578. The molecule has 2 rings (SSSR count). The molecule has 22 heavy (non-hydrogen) atoms. The molecule has 1 aromatic rings. The van der Waals surface area contributed by atoms with Crippen molar-refractivity contribution in [3.8, 4) is 0 Å². The van der Waals surface area contributed by atoms with Crippen molar-refractivity contribution in [2.75, 3.05) is 38.0 Å². The molecule has 1 N–H and O–H groups in total. The second kappa shape index (κ2) is 7.17. The van der Waals surface area contributed by atoms with Crippen LogP contribution in [0, 0.1) is 0 Å². The summed E-state index contributed by atoms with van der Waals surface area (Å²) in [5, 5.41) is 2.68. The Morgan fingerprint density at radius 1 is 1.09 bits per heavy atom. The van der Waals surface area contributed by atoms with Crippen molar-refractivity contribution in [3.05, 3.63) is 29.8 Å². The molecule has 1 aliphatic heterocycles. The molecule has 0 unspecified atom stereocenters. The Morgan fingerprint density at radius 3 is 2.36 bits per heavy atom. The van der Waals surface area contributed by atoms with Gasteiger partial charge in [-0.05, 0) is 25.1 Å². The third-order valence-corrected chi connectivity index (χ3v) is 3.54. The molecule has 6 heteroatoms. The van der Waals surface area contributed by atoms with E-state index in [0.717, 1.165) is 0 Å². The SMILES string of the molecule is CC(=O)CN1CCN(C(=O)c2cccc(NC(C)=O)c2)CC1. The number of hydrogen-bond donors (Lipinski definition) is 1. The van der Waals surface area contributed by atoms with Crippen molar-refractivity contribution < 1.29 is 14.4 Å². The zero-order valence-corrected chi connectivity index (χ0v) is 13.0. The number of Topliss-reactive ketones (excluding diaryl/α,β-unsaturated/α-hetero) is 1. The lowest BCUT2D eigenvalue weighted by molar-refractivity contribution is -0.118. The Labute approximate surface area is 130 Å². The van der Waals surface area contributed by atoms with Crippen molar-refractivity contribution in [1.82, 2.24) is 9.80 Å². The highest BCUT2D eigenvalue weighted by Gasteiger charge is 2.22. The number of amides is 2. The van der Waals surface area contributed by atoms with Crippen LogP contribution in [0.3, 0.4) is 0 Å². The first-order valence-corrected chi connectivity index (χ1v) is 7.34. The predicted octanol–water partition coefficient (Wildman–Crippen LogP) is 0.992. The molecule has 1 aromatic carbocycles. The Balaban J connectivity index is 1.98. The summed E-state index contributed by atoms with van der Waals surface area (Å²) in [5.41, 5.74) is 1.18. The standard InChI is InChI=1S/C16H21N3O3/c1-12(20)11-18-6-8-19(9-7-18)16(22)14-4-3-5-15(10-14)17-13(2)21/h3-5,10H,6-9,11H2,1-2H3,(H,17,21). The molecule has 0 aliphatic carbocycles. The van der Waals surface area contributed by atoms with Crippen LogP contribution in [0.2, 0.25) is 0 Å². The van der Waals surface area contributed by atoms with E-state index in [0.29, 0.717) is 44.0 Å². The molecule has 0 spiro atoms. The van der Waals surface area contributed by atoms with Gasteiger partial charge in [0.25, 0.3) is 5.91 Å². The topological polar surface area (TPSA) is 69.7 Å². The van der Waals surface area contributed by atoms with Crippen molar-refractivity contribution >= 4 is 23.3 Å². The van der Waals surface area contributed by atoms with Crippen LogP contribution in [-0.2, 0) is 9.59 Å². The number of nitrogens with zero attached hydrogens (tertiary/aromatic N) is 2. The molecule has 118 valence electrons. The van der Waals surface area contributed by atoms with Crippen LogP contribution in [0.5, 0.6) is 0 Å². The van der Waals surface area contributed by atoms with Gasteiger partial charge in [0.05, 0.1) is 6.54 Å². The van der Waals surface area contributed by atoms with Gasteiger partial charge in [0, 0.05) is 44.4 Å². The first kappa shape index (κ1) is 16.2. The van der Waals surface area contributed by atoms with Gasteiger partial charge in [0.15, 0.2) is 0 Å². The smallest absolute Gasteiger partial charge is 0.254 e. The van der Waals surface area contributed by atoms with E-state index in [1.807, 2.05) is 0 Å². The molecule has 6 nitrogen and oxygen atoms in total. The maximum absolute atomic E-state index is 12.5. The van der Waals surface area contributed by atoms with E-state index in [4.69, 9.17) is 0 Å². The summed E-state index contributed by atoms with van der Waals surface area (Å²) in [6.45, 7) is 6.08. The van der Waals surface area contributed by atoms with Gasteiger partial charge in [-0.1, -0.05) is 6.07 Å². The minimum Gasteiger partial charge on any atom is -0.336 e. The van der Waals surface area contributed by atoms with Gasteiger partial charge in [-0.25, -0.2) is 0 Å². The van der Waals surface area contributed by atoms with E-state index in [2.05, 4.69) is 10.2 Å². The predicted molar refractivity (Wildman–Crippen MR) is 83.8 cm³/mol. The van der Waals surface area contributed by atoms with Crippen molar-refractivity contribution in [3.63, 3.8) is 0 Å². The summed E-state index contributed by atoms with van der Waals surface area (Å²) in [5.74, 6) is -0.0695. The van der Waals surface area contributed by atoms with E-state index in [9.17, 15) is 14.4 Å². The fourth-order valence-electron chi connectivity index (χ4n) is 2.54. The number of carbonyl (C=O) groups excluding carboxylic acids is 3. The number of benzene rings is 1. The Morgan fingerprint density at radius 2 is 1.77 bits per heavy atom. The minimum absolute atomic E-state index is 0.0466. The molecule has 0 saturated carbocycles. The van der Waals surface area contributed by atoms with Gasteiger partial charge in [0.2, 0.25) is 5.91 Å². The number of carbonyl (C=O) groups is 3. The normalized spacial score (nSPS) is 15.5. The van der Waals surface area contributed by atoms with Gasteiger partial charge in [-0.2, -0.15) is 0 Å². The van der Waals surface area contributed by atoms with E-state index in [-0.39, 0.29) is 17.6 Å². The van der Waals surface area contributed by atoms with Crippen LogP contribution >= 0.6 is 0 Å². The summed E-state index contributed by atoms with van der Waals surface area (Å²) >= 11 is 0. The molecule has 0 radical (unpaired) electrons. The maximum Gasteiger partial charge on any atom is 0.254 e. The monoisotopic (exact) mass is 303 g/mol. The lowest BCUT2D eigenvalue weighted by Crippen LogP contribution is -2.49. The van der Waals surface area contributed by atoms with Crippen molar-refractivity contribution in [1.29, 1.82) is 0 Å². The van der Waals surface area contributed by atoms with Crippen LogP contribution in [0.25, 0.3) is 0 Å². The number of piperazine rings is 1. The first-order chi connectivity index (χ1) is 10.5. The van der Waals surface area contributed by atoms with Gasteiger partial charge in [-0.3, -0.25) is 19.3 Å². The maximum atomic E-state index is 12.5. The fraction of sp³-hybridized carbons (Fsp3) is 0.438. The molecule has 1 fully saturated rings. The van der Waals surface area contributed by atoms with E-state index >= 15 is 0 Å². The number of ketones is 1. The number of hydrogen-bond acceptors (Lipinski definition) is 4. The molecular weight excluding hydrogens is 282 g/mol. The summed E-state index contributed by atoms with van der Waals surface area (Å²) in [6, 6.07) is 6.94. The third-order valence-electron chi connectivity index (χ3n) is 3.54. The molecule has 0 aromatic heterocycles. The molecule has 0 bridgehead atoms. The van der Waals surface area contributed by atoms with E-state index in [1.54, 1.807) is 36.1 Å². The summed E-state index contributed by atoms with van der Waals surface area (Å²) < 4.78 is 0. The minimum atomic E-state index is -0.164. The van der Waals surface area contributed by atoms with Crippen molar-refractivity contribution in [2.45, 2.75) is 13.8 Å². The second-order valence-corrected chi connectivity index (χ2v) is 5.53. The highest BCUT2D eigenvalue weighted by atomic mass is 16.2. The molecular formula is C16H21N3O3. The molecule has 1 saturated heterocycles. The summed E-state index contributed by atoms with van der Waals surface area (Å²) in [7, 11) is 0. The number of nitrogens with one attached hydrogen (secondary N) is 1.